The number of amides is 2. The minimum atomic E-state index is -0.525. The molecular formula is C15H21N3O4. The predicted molar refractivity (Wildman–Crippen MR) is 82.5 cm³/mol. The first-order valence-corrected chi connectivity index (χ1v) is 7.19. The van der Waals surface area contributed by atoms with Crippen LogP contribution in [0.4, 0.5) is 5.69 Å². The Hall–Kier alpha value is -2.44. The molecule has 0 aromatic heterocycles. The predicted octanol–water partition coefficient (Wildman–Crippen LogP) is 1.88. The number of rotatable bonds is 8. The number of hydrogen-bond acceptors (Lipinski definition) is 4. The van der Waals surface area contributed by atoms with Crippen molar-refractivity contribution in [1.29, 1.82) is 0 Å². The highest BCUT2D eigenvalue weighted by Gasteiger charge is 2.09. The largest absolute Gasteiger partial charge is 0.356 e. The van der Waals surface area contributed by atoms with Crippen molar-refractivity contribution in [1.82, 2.24) is 10.6 Å². The van der Waals surface area contributed by atoms with Crippen LogP contribution in [0.15, 0.2) is 24.3 Å². The first-order chi connectivity index (χ1) is 10.4. The maximum atomic E-state index is 11.8. The van der Waals surface area contributed by atoms with Crippen molar-refractivity contribution >= 4 is 17.5 Å². The molecule has 0 saturated carbocycles. The fourth-order valence-electron chi connectivity index (χ4n) is 1.71. The summed E-state index contributed by atoms with van der Waals surface area (Å²) in [5.74, 6) is 0.0664. The van der Waals surface area contributed by atoms with E-state index in [-0.39, 0.29) is 30.5 Å². The average molecular weight is 307 g/mol. The summed E-state index contributed by atoms with van der Waals surface area (Å²) in [5, 5.41) is 15.9. The quantitative estimate of drug-likeness (QED) is 0.565. The van der Waals surface area contributed by atoms with Crippen LogP contribution < -0.4 is 10.6 Å². The van der Waals surface area contributed by atoms with E-state index in [1.165, 1.54) is 24.3 Å². The zero-order valence-electron chi connectivity index (χ0n) is 12.8. The molecule has 0 aliphatic heterocycles. The summed E-state index contributed by atoms with van der Waals surface area (Å²) in [4.78, 5) is 33.3. The summed E-state index contributed by atoms with van der Waals surface area (Å²) in [6, 6.07) is 5.31. The summed E-state index contributed by atoms with van der Waals surface area (Å²) in [6.07, 6.45) is 1.12. The Balaban J connectivity index is 2.31. The van der Waals surface area contributed by atoms with Gasteiger partial charge in [-0.1, -0.05) is 13.8 Å². The van der Waals surface area contributed by atoms with E-state index in [1.807, 2.05) is 0 Å². The highest BCUT2D eigenvalue weighted by molar-refractivity contribution is 5.94. The monoisotopic (exact) mass is 307 g/mol. The maximum absolute atomic E-state index is 11.8. The molecule has 7 heteroatoms. The van der Waals surface area contributed by atoms with Gasteiger partial charge in [0.05, 0.1) is 4.92 Å². The van der Waals surface area contributed by atoms with E-state index in [2.05, 4.69) is 24.5 Å². The van der Waals surface area contributed by atoms with Crippen LogP contribution in [0.5, 0.6) is 0 Å². The second-order valence-corrected chi connectivity index (χ2v) is 5.34. The maximum Gasteiger partial charge on any atom is 0.269 e. The van der Waals surface area contributed by atoms with E-state index in [0.29, 0.717) is 18.0 Å². The Labute approximate surface area is 129 Å². The van der Waals surface area contributed by atoms with E-state index < -0.39 is 4.92 Å². The van der Waals surface area contributed by atoms with Crippen molar-refractivity contribution < 1.29 is 14.5 Å². The van der Waals surface area contributed by atoms with Crippen molar-refractivity contribution in [2.24, 2.45) is 5.92 Å². The number of carbonyl (C=O) groups excluding carboxylic acids is 2. The summed E-state index contributed by atoms with van der Waals surface area (Å²) in [7, 11) is 0. The Morgan fingerprint density at radius 1 is 1.14 bits per heavy atom. The van der Waals surface area contributed by atoms with Crippen molar-refractivity contribution in [3.05, 3.63) is 39.9 Å². The summed E-state index contributed by atoms with van der Waals surface area (Å²) in [5.41, 5.74) is 0.256. The second kappa shape index (κ2) is 8.76. The van der Waals surface area contributed by atoms with Gasteiger partial charge in [-0.25, -0.2) is 0 Å². The molecule has 0 aliphatic rings. The molecule has 2 N–H and O–H groups in total. The molecule has 0 atom stereocenters. The minimum Gasteiger partial charge on any atom is -0.356 e. The van der Waals surface area contributed by atoms with Crippen LogP contribution in [0.2, 0.25) is 0 Å². The van der Waals surface area contributed by atoms with Gasteiger partial charge in [0, 0.05) is 37.2 Å². The summed E-state index contributed by atoms with van der Waals surface area (Å²) >= 11 is 0. The fraction of sp³-hybridized carbons (Fsp3) is 0.467. The third-order valence-electron chi connectivity index (χ3n) is 3.02. The van der Waals surface area contributed by atoms with Gasteiger partial charge in [0.1, 0.15) is 0 Å². The molecule has 1 aromatic rings. The lowest BCUT2D eigenvalue weighted by Crippen LogP contribution is -2.31. The van der Waals surface area contributed by atoms with Crippen LogP contribution in [0.1, 0.15) is 37.0 Å². The third-order valence-corrected chi connectivity index (χ3v) is 3.02. The number of nitro groups is 1. The van der Waals surface area contributed by atoms with Crippen LogP contribution in [-0.4, -0.2) is 29.8 Å². The summed E-state index contributed by atoms with van der Waals surface area (Å²) < 4.78 is 0. The molecule has 1 aromatic carbocycles. The highest BCUT2D eigenvalue weighted by Crippen LogP contribution is 2.11. The molecule has 0 fully saturated rings. The number of benzene rings is 1. The Morgan fingerprint density at radius 2 is 1.77 bits per heavy atom. The lowest BCUT2D eigenvalue weighted by Gasteiger charge is -2.08. The van der Waals surface area contributed by atoms with Crippen molar-refractivity contribution in [2.45, 2.75) is 26.7 Å². The van der Waals surface area contributed by atoms with Crippen LogP contribution in [0, 0.1) is 16.0 Å². The van der Waals surface area contributed by atoms with Gasteiger partial charge in [-0.3, -0.25) is 19.7 Å². The second-order valence-electron chi connectivity index (χ2n) is 5.34. The molecule has 0 saturated heterocycles. The molecule has 0 bridgehead atoms. The fourth-order valence-corrected chi connectivity index (χ4v) is 1.71. The molecule has 2 amide bonds. The van der Waals surface area contributed by atoms with Gasteiger partial charge in [-0.15, -0.1) is 0 Å². The smallest absolute Gasteiger partial charge is 0.269 e. The van der Waals surface area contributed by atoms with Gasteiger partial charge in [-0.2, -0.15) is 0 Å². The Morgan fingerprint density at radius 3 is 2.32 bits per heavy atom. The van der Waals surface area contributed by atoms with Gasteiger partial charge >= 0.3 is 0 Å². The number of nitrogens with one attached hydrogen (secondary N) is 2. The first-order valence-electron chi connectivity index (χ1n) is 7.19. The van der Waals surface area contributed by atoms with Crippen LogP contribution in [-0.2, 0) is 4.79 Å². The Kier molecular flexibility index (Phi) is 7.01. The number of nitrogens with zero attached hydrogens (tertiary/aromatic N) is 1. The normalized spacial score (nSPS) is 10.3. The average Bonchev–Trinajstić information content (AvgIpc) is 2.46. The summed E-state index contributed by atoms with van der Waals surface area (Å²) in [6.45, 7) is 5.02. The van der Waals surface area contributed by atoms with Crippen molar-refractivity contribution in [3.63, 3.8) is 0 Å². The number of carbonyl (C=O) groups is 2. The Bertz CT molecular complexity index is 526. The SMILES string of the molecule is CC(C)CCNC(=O)CCNC(=O)c1ccc([N+](=O)[O-])cc1. The zero-order chi connectivity index (χ0) is 16.5. The van der Waals surface area contributed by atoms with Crippen LogP contribution >= 0.6 is 0 Å². The van der Waals surface area contributed by atoms with Crippen molar-refractivity contribution in [2.75, 3.05) is 13.1 Å². The topological polar surface area (TPSA) is 101 Å². The van der Waals surface area contributed by atoms with E-state index in [1.54, 1.807) is 0 Å². The van der Waals surface area contributed by atoms with E-state index in [9.17, 15) is 19.7 Å². The van der Waals surface area contributed by atoms with Crippen LogP contribution in [0.3, 0.4) is 0 Å². The molecule has 0 unspecified atom stereocenters. The molecule has 120 valence electrons. The van der Waals surface area contributed by atoms with Gasteiger partial charge < -0.3 is 10.6 Å². The number of nitro benzene ring substituents is 1. The number of hydrogen-bond donors (Lipinski definition) is 2. The standard InChI is InChI=1S/C15H21N3O4/c1-11(2)7-9-16-14(19)8-10-17-15(20)12-3-5-13(6-4-12)18(21)22/h3-6,11H,7-10H2,1-2H3,(H,16,19)(H,17,20). The van der Waals surface area contributed by atoms with Gasteiger partial charge in [-0.05, 0) is 24.5 Å². The number of non-ortho nitro benzene ring substituents is 1. The van der Waals surface area contributed by atoms with E-state index >= 15 is 0 Å². The van der Waals surface area contributed by atoms with E-state index in [0.717, 1.165) is 6.42 Å². The van der Waals surface area contributed by atoms with Gasteiger partial charge in [0.2, 0.25) is 5.91 Å². The van der Waals surface area contributed by atoms with Gasteiger partial charge in [0.15, 0.2) is 0 Å². The molecule has 0 aliphatic carbocycles. The molecule has 1 rings (SSSR count). The van der Waals surface area contributed by atoms with Gasteiger partial charge in [0.25, 0.3) is 11.6 Å². The molecule has 7 nitrogen and oxygen atoms in total. The first kappa shape index (κ1) is 17.6. The molecule has 0 radical (unpaired) electrons. The zero-order valence-corrected chi connectivity index (χ0v) is 12.8. The van der Waals surface area contributed by atoms with E-state index in [4.69, 9.17) is 0 Å². The lowest BCUT2D eigenvalue weighted by molar-refractivity contribution is -0.384. The van der Waals surface area contributed by atoms with Crippen LogP contribution in [0.25, 0.3) is 0 Å². The molecular weight excluding hydrogens is 286 g/mol. The molecule has 22 heavy (non-hydrogen) atoms. The van der Waals surface area contributed by atoms with Crippen molar-refractivity contribution in [3.8, 4) is 0 Å². The minimum absolute atomic E-state index is 0.0684. The lowest BCUT2D eigenvalue weighted by atomic mass is 10.1. The molecule has 0 spiro atoms. The highest BCUT2D eigenvalue weighted by atomic mass is 16.6. The molecule has 0 heterocycles. The third kappa shape index (κ3) is 6.34.